The highest BCUT2D eigenvalue weighted by Crippen LogP contribution is 2.11. The van der Waals surface area contributed by atoms with Gasteiger partial charge in [-0.25, -0.2) is 0 Å². The topological polar surface area (TPSA) is 162 Å². The van der Waals surface area contributed by atoms with E-state index in [0.717, 1.165) is 12.8 Å². The smallest absolute Gasteiger partial charge is 0.322 e. The van der Waals surface area contributed by atoms with Crippen LogP contribution in [0.5, 0.6) is 0 Å². The summed E-state index contributed by atoms with van der Waals surface area (Å²) in [6.45, 7) is 3.21. The molecule has 0 aliphatic heterocycles. The zero-order valence-corrected chi connectivity index (χ0v) is 16.9. The molecule has 5 N–H and O–H groups in total. The number of carbonyl (C=O) groups excluding carboxylic acids is 3. The predicted octanol–water partition coefficient (Wildman–Crippen LogP) is -0.571. The first-order valence-electron chi connectivity index (χ1n) is 9.00. The number of nitrogens with one attached hydrogen (secondary N) is 3. The SMILES string of the molecule is CCCC(C)[C@@H](C=O)N[C@@H](CCC(=O)N[C@@H](CS)C(=O)NCC(=O)O)C(=O)O. The monoisotopic (exact) mass is 419 g/mol. The standard InChI is InChI=1S/C17H29N3O7S/c1-3-4-10(2)12(8-21)19-11(17(26)27)5-6-14(22)20-13(9-28)16(25)18-7-15(23)24/h8,10-13,19,28H,3-7,9H2,1-2H3,(H,18,25)(H,20,22)(H,23,24)(H,26,27)/t10?,11-,12+,13-/m0/s1. The van der Waals surface area contributed by atoms with Crippen LogP contribution in [0.1, 0.15) is 39.5 Å². The average Bonchev–Trinajstić information content (AvgIpc) is 2.63. The number of carbonyl (C=O) groups is 5. The molecular weight excluding hydrogens is 390 g/mol. The molecule has 28 heavy (non-hydrogen) atoms. The van der Waals surface area contributed by atoms with Crippen molar-refractivity contribution in [1.82, 2.24) is 16.0 Å². The summed E-state index contributed by atoms with van der Waals surface area (Å²) in [7, 11) is 0. The van der Waals surface area contributed by atoms with Crippen LogP contribution in [0, 0.1) is 5.92 Å². The number of carboxylic acids is 2. The maximum Gasteiger partial charge on any atom is 0.322 e. The number of hydrogen-bond acceptors (Lipinski definition) is 7. The quantitative estimate of drug-likeness (QED) is 0.152. The first kappa shape index (κ1) is 25.9. The summed E-state index contributed by atoms with van der Waals surface area (Å²) in [6, 6.07) is -2.79. The summed E-state index contributed by atoms with van der Waals surface area (Å²) in [5.74, 6) is -3.80. The van der Waals surface area contributed by atoms with Crippen molar-refractivity contribution in [1.29, 1.82) is 0 Å². The Morgan fingerprint density at radius 3 is 2.21 bits per heavy atom. The van der Waals surface area contributed by atoms with E-state index in [1.807, 2.05) is 13.8 Å². The molecule has 160 valence electrons. The lowest BCUT2D eigenvalue weighted by Gasteiger charge is -2.24. The molecule has 0 bridgehead atoms. The summed E-state index contributed by atoms with van der Waals surface area (Å²) >= 11 is 3.95. The van der Waals surface area contributed by atoms with E-state index in [4.69, 9.17) is 5.11 Å². The van der Waals surface area contributed by atoms with E-state index in [2.05, 4.69) is 28.6 Å². The minimum Gasteiger partial charge on any atom is -0.480 e. The summed E-state index contributed by atoms with van der Waals surface area (Å²) in [5, 5.41) is 25.2. The van der Waals surface area contributed by atoms with Gasteiger partial charge in [-0.05, 0) is 18.8 Å². The number of aliphatic carboxylic acids is 2. The Bertz CT molecular complexity index is 559. The lowest BCUT2D eigenvalue weighted by molar-refractivity contribution is -0.140. The van der Waals surface area contributed by atoms with E-state index < -0.39 is 48.4 Å². The highest BCUT2D eigenvalue weighted by atomic mass is 32.1. The van der Waals surface area contributed by atoms with Crippen LogP contribution in [0.15, 0.2) is 0 Å². The minimum absolute atomic E-state index is 0.0512. The average molecular weight is 420 g/mol. The number of aldehydes is 1. The van der Waals surface area contributed by atoms with Crippen molar-refractivity contribution < 1.29 is 34.2 Å². The Morgan fingerprint density at radius 2 is 1.75 bits per heavy atom. The van der Waals surface area contributed by atoms with Crippen molar-refractivity contribution in [2.75, 3.05) is 12.3 Å². The third-order valence-electron chi connectivity index (χ3n) is 4.10. The third-order valence-corrected chi connectivity index (χ3v) is 4.47. The van der Waals surface area contributed by atoms with Gasteiger partial charge in [-0.3, -0.25) is 24.5 Å². The van der Waals surface area contributed by atoms with E-state index in [-0.39, 0.29) is 24.5 Å². The van der Waals surface area contributed by atoms with Crippen LogP contribution in [0.4, 0.5) is 0 Å². The van der Waals surface area contributed by atoms with Crippen molar-refractivity contribution >= 4 is 42.7 Å². The molecule has 0 aromatic carbocycles. The molecule has 0 radical (unpaired) electrons. The normalized spacial score (nSPS) is 15.0. The molecule has 0 rings (SSSR count). The molecule has 1 unspecified atom stereocenters. The van der Waals surface area contributed by atoms with Crippen LogP contribution in [0.25, 0.3) is 0 Å². The van der Waals surface area contributed by atoms with Crippen LogP contribution in [0.3, 0.4) is 0 Å². The maximum atomic E-state index is 12.0. The van der Waals surface area contributed by atoms with E-state index in [1.54, 1.807) is 0 Å². The van der Waals surface area contributed by atoms with Gasteiger partial charge >= 0.3 is 11.9 Å². The Hall–Kier alpha value is -2.14. The molecule has 0 saturated carbocycles. The predicted molar refractivity (Wildman–Crippen MR) is 104 cm³/mol. The van der Waals surface area contributed by atoms with E-state index in [9.17, 15) is 29.1 Å². The summed E-state index contributed by atoms with van der Waals surface area (Å²) in [6.07, 6.45) is 1.98. The molecule has 10 nitrogen and oxygen atoms in total. The van der Waals surface area contributed by atoms with Gasteiger partial charge in [0.1, 0.15) is 24.9 Å². The molecule has 0 aromatic heterocycles. The first-order valence-corrected chi connectivity index (χ1v) is 9.63. The molecule has 0 fully saturated rings. The molecule has 0 spiro atoms. The Kier molecular flexibility index (Phi) is 12.9. The van der Waals surface area contributed by atoms with E-state index in [0.29, 0.717) is 6.29 Å². The van der Waals surface area contributed by atoms with Crippen LogP contribution < -0.4 is 16.0 Å². The van der Waals surface area contributed by atoms with Crippen molar-refractivity contribution in [3.05, 3.63) is 0 Å². The van der Waals surface area contributed by atoms with Gasteiger partial charge in [0.05, 0.1) is 6.04 Å². The number of amides is 2. The Labute approximate surface area is 169 Å². The second kappa shape index (κ2) is 13.9. The maximum absolute atomic E-state index is 12.0. The highest BCUT2D eigenvalue weighted by Gasteiger charge is 2.26. The lowest BCUT2D eigenvalue weighted by Crippen LogP contribution is -2.50. The molecule has 0 heterocycles. The fourth-order valence-corrected chi connectivity index (χ4v) is 2.76. The largest absolute Gasteiger partial charge is 0.480 e. The zero-order chi connectivity index (χ0) is 21.7. The van der Waals surface area contributed by atoms with Crippen molar-refractivity contribution in [3.8, 4) is 0 Å². The van der Waals surface area contributed by atoms with Crippen molar-refractivity contribution in [2.24, 2.45) is 5.92 Å². The van der Waals surface area contributed by atoms with Gasteiger partial charge in [0, 0.05) is 12.2 Å². The van der Waals surface area contributed by atoms with Gasteiger partial charge in [0.25, 0.3) is 0 Å². The van der Waals surface area contributed by atoms with Gasteiger partial charge in [-0.2, -0.15) is 12.6 Å². The van der Waals surface area contributed by atoms with Crippen LogP contribution in [0.2, 0.25) is 0 Å². The molecule has 0 aliphatic carbocycles. The summed E-state index contributed by atoms with van der Waals surface area (Å²) in [5.41, 5.74) is 0. The lowest BCUT2D eigenvalue weighted by atomic mass is 9.96. The zero-order valence-electron chi connectivity index (χ0n) is 16.0. The van der Waals surface area contributed by atoms with Crippen LogP contribution >= 0.6 is 12.6 Å². The van der Waals surface area contributed by atoms with E-state index >= 15 is 0 Å². The Morgan fingerprint density at radius 1 is 1.11 bits per heavy atom. The van der Waals surface area contributed by atoms with Gasteiger partial charge in [-0.15, -0.1) is 0 Å². The molecular formula is C17H29N3O7S. The second-order valence-corrected chi connectivity index (χ2v) is 6.80. The fourth-order valence-electron chi connectivity index (χ4n) is 2.50. The van der Waals surface area contributed by atoms with Crippen molar-refractivity contribution in [2.45, 2.75) is 57.7 Å². The van der Waals surface area contributed by atoms with E-state index in [1.165, 1.54) is 0 Å². The molecule has 11 heteroatoms. The second-order valence-electron chi connectivity index (χ2n) is 6.44. The molecule has 0 saturated heterocycles. The molecule has 4 atom stereocenters. The fraction of sp³-hybridized carbons (Fsp3) is 0.706. The first-order chi connectivity index (χ1) is 13.2. The van der Waals surface area contributed by atoms with Crippen LogP contribution in [-0.2, 0) is 24.0 Å². The summed E-state index contributed by atoms with van der Waals surface area (Å²) < 4.78 is 0. The minimum atomic E-state index is -1.23. The molecule has 0 aliphatic rings. The highest BCUT2D eigenvalue weighted by molar-refractivity contribution is 7.80. The van der Waals surface area contributed by atoms with Gasteiger partial charge < -0.3 is 25.6 Å². The van der Waals surface area contributed by atoms with Gasteiger partial charge in [0.2, 0.25) is 11.8 Å². The van der Waals surface area contributed by atoms with Crippen molar-refractivity contribution in [3.63, 3.8) is 0 Å². The molecule has 2 amide bonds. The number of hydrogen-bond donors (Lipinski definition) is 6. The van der Waals surface area contributed by atoms with Crippen LogP contribution in [-0.4, -0.2) is 70.7 Å². The number of carboxylic acid groups (broad SMARTS) is 2. The third kappa shape index (κ3) is 10.3. The number of rotatable bonds is 15. The number of thiol groups is 1. The summed E-state index contributed by atoms with van der Waals surface area (Å²) in [4.78, 5) is 57.0. The molecule has 0 aromatic rings. The van der Waals surface area contributed by atoms with Gasteiger partial charge in [0.15, 0.2) is 0 Å². The van der Waals surface area contributed by atoms with Gasteiger partial charge in [-0.1, -0.05) is 20.3 Å². The Balaban J connectivity index is 4.70.